The number of aromatic nitrogens is 3. The van der Waals surface area contributed by atoms with Crippen molar-refractivity contribution >= 4 is 39.0 Å². The molecule has 0 spiro atoms. The molecule has 0 saturated carbocycles. The van der Waals surface area contributed by atoms with Crippen LogP contribution in [0.5, 0.6) is 0 Å². The molecule has 1 saturated heterocycles. The number of benzene rings is 1. The Kier molecular flexibility index (Phi) is 6.57. The zero-order valence-corrected chi connectivity index (χ0v) is 20.3. The van der Waals surface area contributed by atoms with Crippen molar-refractivity contribution in [3.63, 3.8) is 0 Å². The van der Waals surface area contributed by atoms with Crippen LogP contribution in [0.15, 0.2) is 48.8 Å². The lowest BCUT2D eigenvalue weighted by Gasteiger charge is -2.32. The number of fused-ring (bicyclic) bond motifs is 1. The van der Waals surface area contributed by atoms with Crippen LogP contribution in [0.1, 0.15) is 26.6 Å². The monoisotopic (exact) mass is 475 g/mol. The van der Waals surface area contributed by atoms with Gasteiger partial charge in [-0.25, -0.2) is 9.97 Å². The molecule has 0 bridgehead atoms. The largest absolute Gasteiger partial charge is 0.377 e. The van der Waals surface area contributed by atoms with Crippen molar-refractivity contribution in [2.24, 2.45) is 0 Å². The van der Waals surface area contributed by atoms with E-state index in [2.05, 4.69) is 54.6 Å². The van der Waals surface area contributed by atoms with Gasteiger partial charge in [0.25, 0.3) is 5.91 Å². The molecule has 1 aliphatic heterocycles. The van der Waals surface area contributed by atoms with Gasteiger partial charge in [0, 0.05) is 49.4 Å². The summed E-state index contributed by atoms with van der Waals surface area (Å²) in [4.78, 5) is 29.6. The minimum Gasteiger partial charge on any atom is -0.377 e. The number of amides is 1. The second kappa shape index (κ2) is 9.92. The average molecular weight is 476 g/mol. The number of carbonyl (C=O) groups excluding carboxylic acids is 1. The van der Waals surface area contributed by atoms with Gasteiger partial charge >= 0.3 is 0 Å². The van der Waals surface area contributed by atoms with E-state index >= 15 is 0 Å². The molecule has 1 amide bonds. The number of hydrogen-bond acceptors (Lipinski definition) is 7. The Hall–Kier alpha value is -3.27. The van der Waals surface area contributed by atoms with E-state index in [9.17, 15) is 4.79 Å². The molecule has 5 rings (SSSR count). The van der Waals surface area contributed by atoms with Crippen LogP contribution in [0.4, 0.5) is 10.7 Å². The van der Waals surface area contributed by atoms with Gasteiger partial charge in [-0.3, -0.25) is 9.69 Å². The number of pyridine rings is 1. The summed E-state index contributed by atoms with van der Waals surface area (Å²) in [5, 5.41) is 9.02. The highest BCUT2D eigenvalue weighted by Crippen LogP contribution is 2.22. The first kappa shape index (κ1) is 22.5. The number of aromatic amines is 1. The number of hydrogen-bond donors (Lipinski definition) is 3. The van der Waals surface area contributed by atoms with Crippen LogP contribution < -0.4 is 10.6 Å². The molecule has 3 N–H and O–H groups in total. The van der Waals surface area contributed by atoms with E-state index in [1.54, 1.807) is 6.20 Å². The van der Waals surface area contributed by atoms with Crippen molar-refractivity contribution in [3.8, 4) is 0 Å². The third-order valence-electron chi connectivity index (χ3n) is 6.06. The van der Waals surface area contributed by atoms with Crippen LogP contribution >= 0.6 is 11.3 Å². The molecule has 4 heterocycles. The molecule has 9 heteroatoms. The number of nitrogens with zero attached hydrogens (tertiary/aromatic N) is 4. The molecule has 34 heavy (non-hydrogen) atoms. The number of nitrogens with one attached hydrogen (secondary N) is 3. The predicted molar refractivity (Wildman–Crippen MR) is 137 cm³/mol. The number of H-pyrrole nitrogens is 1. The fourth-order valence-corrected chi connectivity index (χ4v) is 4.84. The molecule has 176 valence electrons. The molecule has 0 aliphatic carbocycles. The van der Waals surface area contributed by atoms with Crippen molar-refractivity contribution in [2.75, 3.05) is 43.9 Å². The number of rotatable bonds is 7. The van der Waals surface area contributed by atoms with Crippen molar-refractivity contribution in [2.45, 2.75) is 20.0 Å². The van der Waals surface area contributed by atoms with Crippen molar-refractivity contribution in [1.82, 2.24) is 24.8 Å². The lowest BCUT2D eigenvalue weighted by Crippen LogP contribution is -2.43. The van der Waals surface area contributed by atoms with E-state index in [1.807, 2.05) is 37.4 Å². The Morgan fingerprint density at radius 3 is 2.68 bits per heavy atom. The first-order chi connectivity index (χ1) is 16.5. The standard InChI is InChI=1S/C25H29N7OS/c1-17-11-20-12-21(13-28-24(20)29-17)26-14-22-27-15-23(34-22)30-25(33)19-5-3-18(4-6-19)16-32-9-7-31(2)8-10-32/h3-6,11-13,15,26H,7-10,14,16H2,1-2H3,(H,28,29)(H,30,33). The molecular formula is C25H29N7OS. The molecule has 0 unspecified atom stereocenters. The SMILES string of the molecule is Cc1cc2cc(NCc3ncc(NC(=O)c4ccc(CN5CCN(C)CC5)cc4)s3)cnc2[nH]1. The maximum absolute atomic E-state index is 12.7. The Labute approximate surface area is 203 Å². The van der Waals surface area contributed by atoms with Gasteiger partial charge in [0.15, 0.2) is 0 Å². The maximum Gasteiger partial charge on any atom is 0.256 e. The fourth-order valence-electron chi connectivity index (χ4n) is 4.09. The normalized spacial score (nSPS) is 15.0. The van der Waals surface area contributed by atoms with E-state index in [0.717, 1.165) is 65.1 Å². The summed E-state index contributed by atoms with van der Waals surface area (Å²) in [6, 6.07) is 12.0. The quantitative estimate of drug-likeness (QED) is 0.375. The second-order valence-corrected chi connectivity index (χ2v) is 9.93. The van der Waals surface area contributed by atoms with Crippen molar-refractivity contribution in [1.29, 1.82) is 0 Å². The smallest absolute Gasteiger partial charge is 0.256 e. The van der Waals surface area contributed by atoms with Gasteiger partial charge < -0.3 is 20.5 Å². The topological polar surface area (TPSA) is 89.2 Å². The third-order valence-corrected chi connectivity index (χ3v) is 6.97. The molecule has 1 aromatic carbocycles. The third kappa shape index (κ3) is 5.44. The van der Waals surface area contributed by atoms with E-state index < -0.39 is 0 Å². The molecule has 8 nitrogen and oxygen atoms in total. The zero-order valence-electron chi connectivity index (χ0n) is 19.5. The molecule has 1 fully saturated rings. The number of thiazole rings is 1. The number of aryl methyl sites for hydroxylation is 1. The molecule has 1 aliphatic rings. The van der Waals surface area contributed by atoms with E-state index in [0.29, 0.717) is 12.1 Å². The average Bonchev–Trinajstić information content (AvgIpc) is 3.44. The maximum atomic E-state index is 12.7. The Morgan fingerprint density at radius 1 is 1.09 bits per heavy atom. The van der Waals surface area contributed by atoms with Gasteiger partial charge in [-0.1, -0.05) is 23.5 Å². The predicted octanol–water partition coefficient (Wildman–Crippen LogP) is 3.94. The lowest BCUT2D eigenvalue weighted by molar-refractivity contribution is 0.102. The van der Waals surface area contributed by atoms with E-state index in [-0.39, 0.29) is 5.91 Å². The summed E-state index contributed by atoms with van der Waals surface area (Å²) in [6.45, 7) is 7.88. The molecule has 4 aromatic rings. The number of carbonyl (C=O) groups is 1. The van der Waals surface area contributed by atoms with Crippen molar-refractivity contribution in [3.05, 3.63) is 70.6 Å². The number of piperazine rings is 1. The van der Waals surface area contributed by atoms with Crippen LogP contribution in [0.3, 0.4) is 0 Å². The van der Waals surface area contributed by atoms with Crippen LogP contribution in [-0.4, -0.2) is 63.9 Å². The van der Waals surface area contributed by atoms with Crippen molar-refractivity contribution < 1.29 is 4.79 Å². The highest BCUT2D eigenvalue weighted by atomic mass is 32.1. The minimum atomic E-state index is -0.119. The first-order valence-electron chi connectivity index (χ1n) is 11.5. The molecule has 0 radical (unpaired) electrons. The Balaban J connectivity index is 1.13. The summed E-state index contributed by atoms with van der Waals surface area (Å²) in [5.74, 6) is -0.119. The highest BCUT2D eigenvalue weighted by molar-refractivity contribution is 7.15. The summed E-state index contributed by atoms with van der Waals surface area (Å²) in [6.07, 6.45) is 3.51. The number of likely N-dealkylation sites (N-methyl/N-ethyl adjacent to an activating group) is 1. The van der Waals surface area contributed by atoms with E-state index in [4.69, 9.17) is 0 Å². The Morgan fingerprint density at radius 2 is 1.88 bits per heavy atom. The van der Waals surface area contributed by atoms with Crippen LogP contribution in [0, 0.1) is 6.92 Å². The summed E-state index contributed by atoms with van der Waals surface area (Å²) in [5.41, 5.74) is 4.79. The molecular weight excluding hydrogens is 446 g/mol. The molecule has 3 aromatic heterocycles. The summed E-state index contributed by atoms with van der Waals surface area (Å²) < 4.78 is 0. The summed E-state index contributed by atoms with van der Waals surface area (Å²) in [7, 11) is 2.16. The minimum absolute atomic E-state index is 0.119. The Bertz CT molecular complexity index is 1270. The van der Waals surface area contributed by atoms with Gasteiger partial charge in [-0.2, -0.15) is 0 Å². The van der Waals surface area contributed by atoms with Gasteiger partial charge in [0.2, 0.25) is 0 Å². The van der Waals surface area contributed by atoms with E-state index in [1.165, 1.54) is 16.9 Å². The van der Waals surface area contributed by atoms with Crippen LogP contribution in [0.2, 0.25) is 0 Å². The van der Waals surface area contributed by atoms with Gasteiger partial charge in [-0.05, 0) is 43.8 Å². The van der Waals surface area contributed by atoms with Crippen LogP contribution in [0.25, 0.3) is 11.0 Å². The fraction of sp³-hybridized carbons (Fsp3) is 0.320. The van der Waals surface area contributed by atoms with Gasteiger partial charge in [-0.15, -0.1) is 0 Å². The lowest BCUT2D eigenvalue weighted by atomic mass is 10.1. The highest BCUT2D eigenvalue weighted by Gasteiger charge is 2.14. The van der Waals surface area contributed by atoms with Gasteiger partial charge in [0.1, 0.15) is 15.7 Å². The molecule has 0 atom stereocenters. The van der Waals surface area contributed by atoms with Crippen LogP contribution in [-0.2, 0) is 13.1 Å². The number of anilines is 2. The van der Waals surface area contributed by atoms with Gasteiger partial charge in [0.05, 0.1) is 24.6 Å². The summed E-state index contributed by atoms with van der Waals surface area (Å²) >= 11 is 1.47. The second-order valence-electron chi connectivity index (χ2n) is 8.82. The first-order valence-corrected chi connectivity index (χ1v) is 12.3. The zero-order chi connectivity index (χ0) is 23.5.